The van der Waals surface area contributed by atoms with Gasteiger partial charge in [-0.1, -0.05) is 19.1 Å². The van der Waals surface area contributed by atoms with Gasteiger partial charge >= 0.3 is 0 Å². The number of anilines is 1. The largest absolute Gasteiger partial charge is 0.370 e. The van der Waals surface area contributed by atoms with Crippen LogP contribution in [0.1, 0.15) is 19.8 Å². The van der Waals surface area contributed by atoms with Crippen molar-refractivity contribution in [3.05, 3.63) is 34.9 Å². The third-order valence-electron chi connectivity index (χ3n) is 3.98. The first-order valence-electron chi connectivity index (χ1n) is 7.30. The zero-order valence-electron chi connectivity index (χ0n) is 11.8. The van der Waals surface area contributed by atoms with Crippen LogP contribution in [0.5, 0.6) is 0 Å². The molecule has 1 aliphatic heterocycles. The number of para-hydroxylation sites is 1. The molecular weight excluding hydrogens is 314 g/mol. The molecule has 3 rings (SSSR count). The zero-order chi connectivity index (χ0) is 13.9. The highest BCUT2D eigenvalue weighted by Gasteiger charge is 2.20. The van der Waals surface area contributed by atoms with Gasteiger partial charge in [0.2, 0.25) is 0 Å². The summed E-state index contributed by atoms with van der Waals surface area (Å²) in [5, 5.41) is 4.75. The van der Waals surface area contributed by atoms with Gasteiger partial charge in [0.25, 0.3) is 0 Å². The second-order valence-electron chi connectivity index (χ2n) is 5.32. The third-order valence-corrected chi connectivity index (χ3v) is 4.42. The second kappa shape index (κ2) is 6.10. The number of pyridine rings is 1. The first-order valence-corrected chi connectivity index (χ1v) is 8.10. The van der Waals surface area contributed by atoms with Crippen LogP contribution in [-0.4, -0.2) is 30.7 Å². The number of benzene rings is 1. The van der Waals surface area contributed by atoms with E-state index < -0.39 is 0 Å². The van der Waals surface area contributed by atoms with Crippen LogP contribution in [-0.2, 0) is 0 Å². The molecule has 0 atom stereocenters. The minimum atomic E-state index is 0.674. The van der Waals surface area contributed by atoms with Gasteiger partial charge in [0.05, 0.1) is 11.2 Å². The molecule has 0 saturated carbocycles. The van der Waals surface area contributed by atoms with Gasteiger partial charge in [-0.25, -0.2) is 0 Å². The topological polar surface area (TPSA) is 28.2 Å². The highest BCUT2D eigenvalue weighted by atomic mass is 79.9. The molecule has 0 spiro atoms. The van der Waals surface area contributed by atoms with Crippen molar-refractivity contribution in [1.82, 2.24) is 10.3 Å². The SMILES string of the molecule is CCNC1CCN(c2cccc3cc(Br)cnc23)CC1. The average molecular weight is 334 g/mol. The summed E-state index contributed by atoms with van der Waals surface area (Å²) in [6.07, 6.45) is 4.30. The lowest BCUT2D eigenvalue weighted by Crippen LogP contribution is -2.42. The molecule has 0 aliphatic carbocycles. The monoisotopic (exact) mass is 333 g/mol. The quantitative estimate of drug-likeness (QED) is 0.930. The van der Waals surface area contributed by atoms with E-state index in [4.69, 9.17) is 0 Å². The molecule has 2 heterocycles. The van der Waals surface area contributed by atoms with Crippen molar-refractivity contribution in [2.45, 2.75) is 25.8 Å². The Kier molecular flexibility index (Phi) is 4.22. The van der Waals surface area contributed by atoms with Gasteiger partial charge in [-0.05, 0) is 47.4 Å². The number of halogens is 1. The van der Waals surface area contributed by atoms with Crippen molar-refractivity contribution in [2.24, 2.45) is 0 Å². The fraction of sp³-hybridized carbons (Fsp3) is 0.438. The highest BCUT2D eigenvalue weighted by Crippen LogP contribution is 2.28. The molecule has 1 fully saturated rings. The smallest absolute Gasteiger partial charge is 0.0936 e. The van der Waals surface area contributed by atoms with Crippen LogP contribution in [0.2, 0.25) is 0 Å². The van der Waals surface area contributed by atoms with Crippen molar-refractivity contribution in [3.63, 3.8) is 0 Å². The maximum absolute atomic E-state index is 4.61. The second-order valence-corrected chi connectivity index (χ2v) is 6.24. The lowest BCUT2D eigenvalue weighted by molar-refractivity contribution is 0.424. The summed E-state index contributed by atoms with van der Waals surface area (Å²) in [4.78, 5) is 7.08. The fourth-order valence-electron chi connectivity index (χ4n) is 2.99. The van der Waals surface area contributed by atoms with Crippen molar-refractivity contribution >= 4 is 32.5 Å². The van der Waals surface area contributed by atoms with E-state index in [1.165, 1.54) is 23.9 Å². The lowest BCUT2D eigenvalue weighted by Gasteiger charge is -2.34. The molecule has 0 radical (unpaired) electrons. The molecule has 1 aromatic heterocycles. The maximum atomic E-state index is 4.61. The molecule has 2 aromatic rings. The molecular formula is C16H20BrN3. The number of fused-ring (bicyclic) bond motifs is 1. The Bertz CT molecular complexity index is 591. The summed E-state index contributed by atoms with van der Waals surface area (Å²) in [5.41, 5.74) is 2.38. The van der Waals surface area contributed by atoms with Gasteiger partial charge in [0.1, 0.15) is 0 Å². The highest BCUT2D eigenvalue weighted by molar-refractivity contribution is 9.10. The summed E-state index contributed by atoms with van der Waals surface area (Å²) in [6, 6.07) is 9.26. The van der Waals surface area contributed by atoms with Crippen LogP contribution < -0.4 is 10.2 Å². The molecule has 4 heteroatoms. The molecule has 106 valence electrons. The van der Waals surface area contributed by atoms with Gasteiger partial charge in [-0.2, -0.15) is 0 Å². The van der Waals surface area contributed by atoms with Crippen molar-refractivity contribution in [3.8, 4) is 0 Å². The van der Waals surface area contributed by atoms with Crippen LogP contribution in [0.4, 0.5) is 5.69 Å². The van der Waals surface area contributed by atoms with Gasteiger partial charge in [-0.15, -0.1) is 0 Å². The molecule has 3 nitrogen and oxygen atoms in total. The van der Waals surface area contributed by atoms with Crippen LogP contribution in [0, 0.1) is 0 Å². The van der Waals surface area contributed by atoms with Crippen molar-refractivity contribution in [2.75, 3.05) is 24.5 Å². The maximum Gasteiger partial charge on any atom is 0.0936 e. The Morgan fingerprint density at radius 3 is 2.90 bits per heavy atom. The van der Waals surface area contributed by atoms with Gasteiger partial charge in [-0.3, -0.25) is 4.98 Å². The molecule has 1 saturated heterocycles. The third kappa shape index (κ3) is 2.81. The Morgan fingerprint density at radius 1 is 1.35 bits per heavy atom. The summed E-state index contributed by atoms with van der Waals surface area (Å²) < 4.78 is 1.04. The number of aromatic nitrogens is 1. The Morgan fingerprint density at radius 2 is 2.15 bits per heavy atom. The average Bonchev–Trinajstić information content (AvgIpc) is 2.47. The number of rotatable bonds is 3. The minimum absolute atomic E-state index is 0.674. The van der Waals surface area contributed by atoms with Crippen LogP contribution >= 0.6 is 15.9 Å². The summed E-state index contributed by atoms with van der Waals surface area (Å²) in [6.45, 7) is 5.45. The summed E-state index contributed by atoms with van der Waals surface area (Å²) in [5.74, 6) is 0. The van der Waals surface area contributed by atoms with Crippen molar-refractivity contribution in [1.29, 1.82) is 0 Å². The Balaban J connectivity index is 1.84. The van der Waals surface area contributed by atoms with E-state index in [0.717, 1.165) is 29.6 Å². The standard InChI is InChI=1S/C16H20BrN3/c1-2-18-14-6-8-20(9-7-14)15-5-3-4-12-10-13(17)11-19-16(12)15/h3-5,10-11,14,18H,2,6-9H2,1H3. The number of hydrogen-bond acceptors (Lipinski definition) is 3. The predicted molar refractivity (Wildman–Crippen MR) is 88.4 cm³/mol. The van der Waals surface area contributed by atoms with Crippen LogP contribution in [0.25, 0.3) is 10.9 Å². The number of nitrogens with zero attached hydrogens (tertiary/aromatic N) is 2. The number of piperidine rings is 1. The van der Waals surface area contributed by atoms with E-state index in [0.29, 0.717) is 6.04 Å². The normalized spacial score (nSPS) is 16.8. The van der Waals surface area contributed by atoms with Gasteiger partial charge in [0, 0.05) is 35.2 Å². The van der Waals surface area contributed by atoms with E-state index in [1.54, 1.807) is 0 Å². The summed E-state index contributed by atoms with van der Waals surface area (Å²) in [7, 11) is 0. The Labute approximate surface area is 128 Å². The van der Waals surface area contributed by atoms with Crippen LogP contribution in [0.3, 0.4) is 0 Å². The van der Waals surface area contributed by atoms with E-state index in [1.807, 2.05) is 6.20 Å². The van der Waals surface area contributed by atoms with E-state index >= 15 is 0 Å². The first-order chi connectivity index (χ1) is 9.78. The first kappa shape index (κ1) is 13.8. The molecule has 0 unspecified atom stereocenters. The number of nitrogens with one attached hydrogen (secondary N) is 1. The zero-order valence-corrected chi connectivity index (χ0v) is 13.4. The van der Waals surface area contributed by atoms with E-state index in [2.05, 4.69) is 62.3 Å². The van der Waals surface area contributed by atoms with E-state index in [-0.39, 0.29) is 0 Å². The van der Waals surface area contributed by atoms with E-state index in [9.17, 15) is 0 Å². The van der Waals surface area contributed by atoms with Crippen molar-refractivity contribution < 1.29 is 0 Å². The fourth-order valence-corrected chi connectivity index (χ4v) is 3.34. The molecule has 1 aliphatic rings. The molecule has 1 aromatic carbocycles. The summed E-state index contributed by atoms with van der Waals surface area (Å²) >= 11 is 3.49. The lowest BCUT2D eigenvalue weighted by atomic mass is 10.0. The molecule has 20 heavy (non-hydrogen) atoms. The van der Waals surface area contributed by atoms with Crippen LogP contribution in [0.15, 0.2) is 34.9 Å². The molecule has 0 amide bonds. The molecule has 0 bridgehead atoms. The van der Waals surface area contributed by atoms with Gasteiger partial charge in [0.15, 0.2) is 0 Å². The van der Waals surface area contributed by atoms with Gasteiger partial charge < -0.3 is 10.2 Å². The minimum Gasteiger partial charge on any atom is -0.370 e. The Hall–Kier alpha value is -1.13. The predicted octanol–water partition coefficient (Wildman–Crippen LogP) is 3.58. The molecule has 1 N–H and O–H groups in total. The number of hydrogen-bond donors (Lipinski definition) is 1.